The Kier molecular flexibility index (Phi) is 3.58. The molecule has 6 heavy (non-hydrogen) atoms. The van der Waals surface area contributed by atoms with Crippen LogP contribution >= 0.6 is 22.6 Å². The van der Waals surface area contributed by atoms with Crippen LogP contribution in [0.3, 0.4) is 0 Å². The van der Waals surface area contributed by atoms with Crippen molar-refractivity contribution in [3.63, 3.8) is 0 Å². The summed E-state index contributed by atoms with van der Waals surface area (Å²) in [6.45, 7) is 0. The molecular weight excluding hydrogens is 191 g/mol. The van der Waals surface area contributed by atoms with Gasteiger partial charge < -0.3 is 4.74 Å². The van der Waals surface area contributed by atoms with Crippen LogP contribution in [0.4, 0.5) is 0 Å². The van der Waals surface area contributed by atoms with Gasteiger partial charge in [0.2, 0.25) is 0 Å². The molecule has 0 aliphatic carbocycles. The Labute approximate surface area is 51.2 Å². The van der Waals surface area contributed by atoms with Crippen molar-refractivity contribution in [1.29, 1.82) is 0 Å². The molecule has 2 heteroatoms. The molecule has 0 amide bonds. The van der Waals surface area contributed by atoms with Gasteiger partial charge in [0.25, 0.3) is 0 Å². The Hall–Kier alpha value is 0.250. The molecule has 0 aromatic carbocycles. The van der Waals surface area contributed by atoms with Crippen LogP contribution in [0.25, 0.3) is 0 Å². The molecule has 0 aromatic heterocycles. The number of ether oxygens (including phenoxy) is 1. The maximum Gasteiger partial charge on any atom is 0.168 e. The van der Waals surface area contributed by atoms with E-state index in [9.17, 15) is 0 Å². The molecule has 0 fully saturated rings. The Balaban J connectivity index is 3.04. The fraction of sp³-hybridized carbons (Fsp3) is 0.500. The van der Waals surface area contributed by atoms with Crippen molar-refractivity contribution in [2.45, 2.75) is 4.11 Å². The van der Waals surface area contributed by atoms with E-state index in [4.69, 9.17) is 6.42 Å². The fourth-order valence-corrected chi connectivity index (χ4v) is 0.0680. The maximum atomic E-state index is 4.90. The van der Waals surface area contributed by atoms with Crippen LogP contribution < -0.4 is 0 Å². The van der Waals surface area contributed by atoms with Gasteiger partial charge in [0.1, 0.15) is 0 Å². The van der Waals surface area contributed by atoms with Crippen molar-refractivity contribution < 1.29 is 4.74 Å². The largest absolute Gasteiger partial charge is 0.359 e. The lowest BCUT2D eigenvalue weighted by Gasteiger charge is -1.92. The smallest absolute Gasteiger partial charge is 0.168 e. The van der Waals surface area contributed by atoms with Gasteiger partial charge in [0.15, 0.2) is 4.11 Å². The van der Waals surface area contributed by atoms with Crippen molar-refractivity contribution in [1.82, 2.24) is 0 Å². The van der Waals surface area contributed by atoms with Crippen LogP contribution in [0.2, 0.25) is 0 Å². The van der Waals surface area contributed by atoms with Crippen LogP contribution in [0.5, 0.6) is 0 Å². The molecule has 0 aliphatic heterocycles. The number of methoxy groups -OCH3 is 1. The summed E-state index contributed by atoms with van der Waals surface area (Å²) in [6.07, 6.45) is 4.90. The normalized spacial score (nSPS) is 12.8. The molecule has 0 saturated heterocycles. The van der Waals surface area contributed by atoms with E-state index in [1.165, 1.54) is 0 Å². The molecule has 0 spiro atoms. The first-order valence-electron chi connectivity index (χ1n) is 1.44. The molecule has 1 unspecified atom stereocenters. The van der Waals surface area contributed by atoms with Crippen LogP contribution in [0.15, 0.2) is 0 Å². The van der Waals surface area contributed by atoms with Gasteiger partial charge in [-0.2, -0.15) is 0 Å². The second-order valence-corrected chi connectivity index (χ2v) is 1.85. The van der Waals surface area contributed by atoms with Crippen LogP contribution in [0.1, 0.15) is 0 Å². The summed E-state index contributed by atoms with van der Waals surface area (Å²) >= 11 is 2.01. The van der Waals surface area contributed by atoms with E-state index in [-0.39, 0.29) is 4.11 Å². The van der Waals surface area contributed by atoms with E-state index in [0.717, 1.165) is 0 Å². The third kappa shape index (κ3) is 2.49. The Bertz CT molecular complexity index is 64.4. The predicted octanol–water partition coefficient (Wildman–Crippen LogP) is 1.03. The molecule has 0 heterocycles. The maximum absolute atomic E-state index is 4.90. The van der Waals surface area contributed by atoms with Crippen molar-refractivity contribution in [2.24, 2.45) is 0 Å². The zero-order chi connectivity index (χ0) is 4.99. The SMILES string of the molecule is C#CC(I)OC. The highest BCUT2D eigenvalue weighted by atomic mass is 127. The number of alkyl halides is 1. The molecule has 0 aliphatic rings. The minimum atomic E-state index is -0.0670. The van der Waals surface area contributed by atoms with Gasteiger partial charge in [-0.05, 0) is 22.6 Å². The summed E-state index contributed by atoms with van der Waals surface area (Å²) in [6, 6.07) is 0. The van der Waals surface area contributed by atoms with Gasteiger partial charge in [-0.3, -0.25) is 0 Å². The van der Waals surface area contributed by atoms with Gasteiger partial charge in [0, 0.05) is 7.11 Å². The van der Waals surface area contributed by atoms with Gasteiger partial charge in [-0.1, -0.05) is 5.92 Å². The molecule has 0 rings (SSSR count). The Morgan fingerprint density at radius 3 is 2.50 bits per heavy atom. The van der Waals surface area contributed by atoms with Crippen LogP contribution in [-0.4, -0.2) is 11.2 Å². The van der Waals surface area contributed by atoms with Crippen molar-refractivity contribution in [2.75, 3.05) is 7.11 Å². The van der Waals surface area contributed by atoms with Gasteiger partial charge in [0.05, 0.1) is 0 Å². The number of terminal acetylenes is 1. The van der Waals surface area contributed by atoms with Crippen molar-refractivity contribution in [3.8, 4) is 12.3 Å². The van der Waals surface area contributed by atoms with Gasteiger partial charge in [-0.15, -0.1) is 6.42 Å². The zero-order valence-corrected chi connectivity index (χ0v) is 5.60. The van der Waals surface area contributed by atoms with E-state index in [2.05, 4.69) is 10.7 Å². The first-order valence-corrected chi connectivity index (χ1v) is 2.69. The van der Waals surface area contributed by atoms with Gasteiger partial charge in [-0.25, -0.2) is 0 Å². The summed E-state index contributed by atoms with van der Waals surface area (Å²) in [4.78, 5) is 0. The summed E-state index contributed by atoms with van der Waals surface area (Å²) in [5.41, 5.74) is 0. The lowest BCUT2D eigenvalue weighted by Crippen LogP contribution is -1.92. The van der Waals surface area contributed by atoms with E-state index in [0.29, 0.717) is 0 Å². The lowest BCUT2D eigenvalue weighted by molar-refractivity contribution is 0.225. The molecule has 0 N–H and O–H groups in total. The van der Waals surface area contributed by atoms with Crippen molar-refractivity contribution >= 4 is 22.6 Å². The summed E-state index contributed by atoms with van der Waals surface area (Å²) in [5.74, 6) is 2.38. The van der Waals surface area contributed by atoms with E-state index < -0.39 is 0 Å². The molecule has 1 nitrogen and oxygen atoms in total. The first kappa shape index (κ1) is 6.25. The first-order chi connectivity index (χ1) is 2.81. The minimum Gasteiger partial charge on any atom is -0.359 e. The highest BCUT2D eigenvalue weighted by Gasteiger charge is 1.86. The molecule has 34 valence electrons. The minimum absolute atomic E-state index is 0.0670. The molecule has 0 bridgehead atoms. The standard InChI is InChI=1S/C4H5IO/c1-3-4(5)6-2/h1,4H,2H3. The second-order valence-electron chi connectivity index (χ2n) is 0.718. The summed E-state index contributed by atoms with van der Waals surface area (Å²) in [7, 11) is 1.58. The van der Waals surface area contributed by atoms with E-state index in [1.807, 2.05) is 22.6 Å². The number of hydrogen-bond acceptors (Lipinski definition) is 1. The third-order valence-electron chi connectivity index (χ3n) is 0.338. The van der Waals surface area contributed by atoms with E-state index >= 15 is 0 Å². The predicted molar refractivity (Wildman–Crippen MR) is 33.6 cm³/mol. The van der Waals surface area contributed by atoms with Crippen LogP contribution in [0, 0.1) is 12.3 Å². The number of hydrogen-bond donors (Lipinski definition) is 0. The third-order valence-corrected chi connectivity index (χ3v) is 1.21. The average Bonchev–Trinajstić information content (AvgIpc) is 1.65. The number of rotatable bonds is 1. The molecule has 1 atom stereocenters. The molecule has 0 radical (unpaired) electrons. The monoisotopic (exact) mass is 196 g/mol. The Morgan fingerprint density at radius 2 is 2.50 bits per heavy atom. The fourth-order valence-electron chi connectivity index (χ4n) is 0.0680. The highest BCUT2D eigenvalue weighted by molar-refractivity contribution is 14.1. The molecule has 0 aromatic rings. The van der Waals surface area contributed by atoms with E-state index in [1.54, 1.807) is 7.11 Å². The number of halogens is 1. The second kappa shape index (κ2) is 3.44. The Morgan fingerprint density at radius 1 is 2.00 bits per heavy atom. The lowest BCUT2D eigenvalue weighted by atomic mass is 10.8. The highest BCUT2D eigenvalue weighted by Crippen LogP contribution is 1.95. The van der Waals surface area contributed by atoms with Crippen LogP contribution in [-0.2, 0) is 4.74 Å². The summed E-state index contributed by atoms with van der Waals surface area (Å²) in [5, 5.41) is 0. The van der Waals surface area contributed by atoms with Gasteiger partial charge >= 0.3 is 0 Å². The zero-order valence-electron chi connectivity index (χ0n) is 3.44. The topological polar surface area (TPSA) is 9.23 Å². The average molecular weight is 196 g/mol. The molecule has 0 saturated carbocycles. The summed E-state index contributed by atoms with van der Waals surface area (Å²) < 4.78 is 4.58. The quantitative estimate of drug-likeness (QED) is 0.345. The van der Waals surface area contributed by atoms with Crippen molar-refractivity contribution in [3.05, 3.63) is 0 Å². The molecular formula is C4H5IO.